The summed E-state index contributed by atoms with van der Waals surface area (Å²) in [7, 11) is -0.250. The van der Waals surface area contributed by atoms with Gasteiger partial charge in [-0.15, -0.1) is 0 Å². The number of aryl methyl sites for hydroxylation is 2. The van der Waals surface area contributed by atoms with Crippen molar-refractivity contribution in [1.29, 1.82) is 0 Å². The van der Waals surface area contributed by atoms with Crippen LogP contribution in [-0.2, 0) is 31.0 Å². The molecule has 19 heteroatoms. The van der Waals surface area contributed by atoms with E-state index in [0.717, 1.165) is 36.0 Å². The predicted molar refractivity (Wildman–Crippen MR) is 211 cm³/mol. The molecule has 2 aliphatic rings. The average Bonchev–Trinajstić information content (AvgIpc) is 3.61. The maximum absolute atomic E-state index is 14.1. The van der Waals surface area contributed by atoms with Gasteiger partial charge in [-0.1, -0.05) is 54.6 Å². The molecule has 2 aromatic carbocycles. The van der Waals surface area contributed by atoms with Gasteiger partial charge in [0.2, 0.25) is 21.8 Å². The summed E-state index contributed by atoms with van der Waals surface area (Å²) < 4.78 is 68.7. The van der Waals surface area contributed by atoms with Crippen molar-refractivity contribution in [2.24, 2.45) is 5.73 Å². The largest absolute Gasteiger partial charge is 0.490 e. The first-order valence-corrected chi connectivity index (χ1v) is 20.7. The Labute approximate surface area is 340 Å². The van der Waals surface area contributed by atoms with Crippen LogP contribution in [0, 0.1) is 13.8 Å². The highest BCUT2D eigenvalue weighted by atomic mass is 35.5. The quantitative estimate of drug-likeness (QED) is 0.181. The molecule has 3 aromatic rings. The Bertz CT molecular complexity index is 2040. The number of carboxylic acids is 1. The molecule has 1 saturated carbocycles. The number of halogens is 5. The number of hydrogen-bond donors (Lipinski definition) is 3. The Morgan fingerprint density at radius 2 is 1.65 bits per heavy atom. The van der Waals surface area contributed by atoms with E-state index in [4.69, 9.17) is 43.6 Å². The summed E-state index contributed by atoms with van der Waals surface area (Å²) in [4.78, 5) is 45.9. The van der Waals surface area contributed by atoms with Crippen molar-refractivity contribution in [3.63, 3.8) is 0 Å². The first-order chi connectivity index (χ1) is 26.7. The first kappa shape index (κ1) is 46.0. The SMILES string of the molecule is Cc1cc(C)c2cccc(OCc3c(Cl)ccc(S(=O)(=O)NC4(C(=O)N5CCN(C(=O)[C@@H](N)CCCCN(C)C)CC5)CCCC4)c3Cl)c2n1.O=C(O)C(F)(F)F. The molecule has 0 spiro atoms. The minimum Gasteiger partial charge on any atom is -0.487 e. The molecule has 1 atom stereocenters. The molecule has 1 aliphatic carbocycles. The average molecular weight is 862 g/mol. The Hall–Kier alpha value is -3.74. The number of carboxylic acid groups (broad SMARTS) is 1. The van der Waals surface area contributed by atoms with Gasteiger partial charge in [0.15, 0.2) is 0 Å². The second kappa shape index (κ2) is 19.3. The lowest BCUT2D eigenvalue weighted by atomic mass is 9.96. The van der Waals surface area contributed by atoms with E-state index in [-0.39, 0.29) is 33.4 Å². The van der Waals surface area contributed by atoms with Crippen LogP contribution in [0.4, 0.5) is 13.2 Å². The number of amides is 2. The lowest BCUT2D eigenvalue weighted by molar-refractivity contribution is -0.192. The van der Waals surface area contributed by atoms with Gasteiger partial charge in [-0.3, -0.25) is 9.59 Å². The van der Waals surface area contributed by atoms with Crippen LogP contribution < -0.4 is 15.2 Å². The summed E-state index contributed by atoms with van der Waals surface area (Å²) in [5.41, 5.74) is 7.80. The molecular formula is C38H49Cl2F3N6O7S. The summed E-state index contributed by atoms with van der Waals surface area (Å²) >= 11 is 13.3. The molecule has 0 radical (unpaired) electrons. The fourth-order valence-electron chi connectivity index (χ4n) is 6.97. The Morgan fingerprint density at radius 1 is 1.04 bits per heavy atom. The molecule has 4 N–H and O–H groups in total. The molecule has 1 aromatic heterocycles. The van der Waals surface area contributed by atoms with Gasteiger partial charge >= 0.3 is 12.1 Å². The number of alkyl halides is 3. The smallest absolute Gasteiger partial charge is 0.487 e. The minimum atomic E-state index is -5.08. The fourth-order valence-corrected chi connectivity index (χ4v) is 9.28. The number of nitrogens with two attached hydrogens (primary N) is 1. The fraction of sp³-hybridized carbons (Fsp3) is 0.526. The molecule has 13 nitrogen and oxygen atoms in total. The molecule has 2 amide bonds. The van der Waals surface area contributed by atoms with Crippen molar-refractivity contribution in [3.05, 3.63) is 63.3 Å². The number of piperazine rings is 1. The lowest BCUT2D eigenvalue weighted by Crippen LogP contribution is -2.62. The Kier molecular flexibility index (Phi) is 15.6. The third-order valence-electron chi connectivity index (χ3n) is 9.95. The number of carbonyl (C=O) groups is 3. The van der Waals surface area contributed by atoms with E-state index < -0.39 is 33.7 Å². The van der Waals surface area contributed by atoms with Crippen LogP contribution in [0.3, 0.4) is 0 Å². The van der Waals surface area contributed by atoms with Crippen LogP contribution in [0.1, 0.15) is 61.8 Å². The molecule has 57 heavy (non-hydrogen) atoms. The van der Waals surface area contributed by atoms with Crippen molar-refractivity contribution in [3.8, 4) is 5.75 Å². The first-order valence-electron chi connectivity index (χ1n) is 18.5. The summed E-state index contributed by atoms with van der Waals surface area (Å²) in [5.74, 6) is -2.64. The summed E-state index contributed by atoms with van der Waals surface area (Å²) in [6, 6.07) is 9.88. The van der Waals surface area contributed by atoms with Crippen molar-refractivity contribution in [2.45, 2.75) is 88.1 Å². The van der Waals surface area contributed by atoms with Gasteiger partial charge in [-0.25, -0.2) is 18.2 Å². The van der Waals surface area contributed by atoms with Crippen LogP contribution in [-0.4, -0.2) is 116 Å². The van der Waals surface area contributed by atoms with Gasteiger partial charge in [0.05, 0.1) is 11.1 Å². The minimum absolute atomic E-state index is 0.0728. The number of nitrogens with one attached hydrogen (secondary N) is 1. The highest BCUT2D eigenvalue weighted by molar-refractivity contribution is 7.89. The highest BCUT2D eigenvalue weighted by Crippen LogP contribution is 2.37. The van der Waals surface area contributed by atoms with E-state index in [1.54, 1.807) is 15.9 Å². The second-order valence-corrected chi connectivity index (χ2v) is 17.0. The zero-order valence-electron chi connectivity index (χ0n) is 32.3. The number of unbranched alkanes of at least 4 members (excludes halogenated alkanes) is 1. The highest BCUT2D eigenvalue weighted by Gasteiger charge is 2.47. The van der Waals surface area contributed by atoms with Crippen molar-refractivity contribution >= 4 is 61.9 Å². The van der Waals surface area contributed by atoms with Crippen LogP contribution >= 0.6 is 23.2 Å². The van der Waals surface area contributed by atoms with Crippen LogP contribution in [0.2, 0.25) is 10.0 Å². The van der Waals surface area contributed by atoms with E-state index >= 15 is 0 Å². The normalized spacial score (nSPS) is 16.3. The van der Waals surface area contributed by atoms with Gasteiger partial charge in [-0.2, -0.15) is 17.9 Å². The number of nitrogens with zero attached hydrogens (tertiary/aromatic N) is 4. The van der Waals surface area contributed by atoms with Gasteiger partial charge in [0.25, 0.3) is 0 Å². The Balaban J connectivity index is 0.000000940. The van der Waals surface area contributed by atoms with Crippen molar-refractivity contribution < 1.29 is 45.8 Å². The van der Waals surface area contributed by atoms with E-state index in [2.05, 4.69) is 14.6 Å². The summed E-state index contributed by atoms with van der Waals surface area (Å²) in [6.45, 7) is 6.04. The number of para-hydroxylation sites is 1. The number of pyridine rings is 1. The number of ether oxygens (including phenoxy) is 1. The molecule has 5 rings (SSSR count). The molecule has 1 saturated heterocycles. The van der Waals surface area contributed by atoms with E-state index in [0.29, 0.717) is 75.1 Å². The number of fused-ring (bicyclic) bond motifs is 1. The van der Waals surface area contributed by atoms with Gasteiger partial charge < -0.3 is 30.3 Å². The number of benzene rings is 2. The zero-order chi connectivity index (χ0) is 42.3. The second-order valence-electron chi connectivity index (χ2n) is 14.6. The molecular weight excluding hydrogens is 812 g/mol. The van der Waals surface area contributed by atoms with Crippen LogP contribution in [0.15, 0.2) is 41.3 Å². The number of aromatic nitrogens is 1. The number of rotatable bonds is 13. The molecule has 1 aliphatic heterocycles. The number of hydrogen-bond acceptors (Lipinski definition) is 9. The lowest BCUT2D eigenvalue weighted by Gasteiger charge is -2.40. The number of carbonyl (C=O) groups excluding carboxylic acids is 2. The van der Waals surface area contributed by atoms with Crippen LogP contribution in [0.25, 0.3) is 10.9 Å². The van der Waals surface area contributed by atoms with Crippen molar-refractivity contribution in [1.82, 2.24) is 24.4 Å². The monoisotopic (exact) mass is 860 g/mol. The summed E-state index contributed by atoms with van der Waals surface area (Å²) in [5, 5.41) is 8.25. The predicted octanol–water partition coefficient (Wildman–Crippen LogP) is 5.69. The molecule has 2 fully saturated rings. The molecule has 0 bridgehead atoms. The van der Waals surface area contributed by atoms with E-state index in [9.17, 15) is 31.2 Å². The van der Waals surface area contributed by atoms with Gasteiger partial charge in [-0.05, 0) is 90.0 Å². The van der Waals surface area contributed by atoms with Crippen LogP contribution in [0.5, 0.6) is 5.75 Å². The standard InChI is InChI=1S/C36H48Cl2N6O5S.C2HF3O2/c1-24-22-25(2)40-33-26(24)10-9-12-30(33)49-23-27-28(37)13-14-31(32(27)38)50(47,48)41-36(15-6-7-16-36)35(46)44-20-18-43(19-21-44)34(45)29(39)11-5-8-17-42(3)4;3-2(4,5)1(6)7/h9-10,12-14,22,29,41H,5-8,11,15-21,23,39H2,1-4H3;(H,6,7)/t29-;/m0./s1. The number of aliphatic carboxylic acids is 1. The van der Waals surface area contributed by atoms with Crippen molar-refractivity contribution in [2.75, 3.05) is 46.8 Å². The maximum Gasteiger partial charge on any atom is 0.490 e. The zero-order valence-corrected chi connectivity index (χ0v) is 34.6. The van der Waals surface area contributed by atoms with Gasteiger partial charge in [0.1, 0.15) is 28.3 Å². The molecule has 314 valence electrons. The summed E-state index contributed by atoms with van der Waals surface area (Å²) in [6.07, 6.45) is -0.544. The third-order valence-corrected chi connectivity index (χ3v) is 12.4. The maximum atomic E-state index is 14.1. The topological polar surface area (TPSA) is 175 Å². The Morgan fingerprint density at radius 3 is 2.25 bits per heavy atom. The molecule has 0 unspecified atom stereocenters. The van der Waals surface area contributed by atoms with E-state index in [1.165, 1.54) is 12.1 Å². The number of sulfonamides is 1. The van der Waals surface area contributed by atoms with Gasteiger partial charge in [0, 0.05) is 47.8 Å². The molecule has 2 heterocycles. The third kappa shape index (κ3) is 11.7. The van der Waals surface area contributed by atoms with E-state index in [1.807, 2.05) is 46.1 Å².